The van der Waals surface area contributed by atoms with Gasteiger partial charge in [-0.1, -0.05) is 0 Å². The van der Waals surface area contributed by atoms with Gasteiger partial charge in [0.25, 0.3) is 0 Å². The van der Waals surface area contributed by atoms with Crippen molar-refractivity contribution in [2.24, 2.45) is 5.92 Å². The van der Waals surface area contributed by atoms with Crippen molar-refractivity contribution in [1.29, 1.82) is 0 Å². The first kappa shape index (κ1) is 17.3. The molecule has 6 rings (SSSR count). The van der Waals surface area contributed by atoms with Gasteiger partial charge >= 0.3 is 0 Å². The molecule has 152 valence electrons. The number of likely N-dealkylation sites (tertiary alicyclic amines) is 1. The number of likely N-dealkylation sites (N-methyl/N-ethyl adjacent to an activating group) is 1. The Kier molecular flexibility index (Phi) is 3.89. The van der Waals surface area contributed by atoms with Crippen molar-refractivity contribution in [2.45, 2.75) is 31.0 Å². The molecule has 9 heteroatoms. The van der Waals surface area contributed by atoms with E-state index in [4.69, 9.17) is 20.4 Å². The van der Waals surface area contributed by atoms with Gasteiger partial charge < -0.3 is 25.2 Å². The van der Waals surface area contributed by atoms with E-state index in [1.54, 1.807) is 12.4 Å². The Bertz CT molecular complexity index is 921. The van der Waals surface area contributed by atoms with Gasteiger partial charge in [0, 0.05) is 56.2 Å². The van der Waals surface area contributed by atoms with Gasteiger partial charge in [0.2, 0.25) is 11.9 Å². The monoisotopic (exact) mass is 394 g/mol. The maximum atomic E-state index is 5.80. The van der Waals surface area contributed by atoms with E-state index < -0.39 is 0 Å². The summed E-state index contributed by atoms with van der Waals surface area (Å²) in [5, 5.41) is 0. The minimum Gasteiger partial charge on any atom is -0.374 e. The molecule has 4 aliphatic heterocycles. The zero-order chi connectivity index (χ0) is 19.5. The lowest BCUT2D eigenvalue weighted by Gasteiger charge is -2.31. The largest absolute Gasteiger partial charge is 0.374 e. The fourth-order valence-electron chi connectivity index (χ4n) is 5.44. The minimum absolute atomic E-state index is 0.272. The van der Waals surface area contributed by atoms with Crippen LogP contribution < -0.4 is 15.5 Å². The first-order valence-electron chi connectivity index (χ1n) is 10.4. The van der Waals surface area contributed by atoms with Crippen LogP contribution in [-0.4, -0.2) is 82.9 Å². The van der Waals surface area contributed by atoms with Gasteiger partial charge in [-0.2, -0.15) is 4.98 Å². The standard InChI is InChI=1S/C20H26N8O/c1-26-7-12-2-14(9-26)28(8-12)20-24-17(13-5-22-19(21)23-6-13)4-18(25-20)27-10-16-3-15(27)11-29-16/h4-6,12,14-16H,2-3,7-11H2,1H3,(H2,21,22,23)/t12-,14+,15+,16+/m1/s1. The van der Waals surface area contributed by atoms with E-state index in [2.05, 4.69) is 37.8 Å². The molecule has 0 aliphatic carbocycles. The number of rotatable bonds is 3. The fraction of sp³-hybridized carbons (Fsp3) is 0.600. The van der Waals surface area contributed by atoms with Gasteiger partial charge in [0.05, 0.1) is 24.4 Å². The molecule has 4 aliphatic rings. The molecular weight excluding hydrogens is 368 g/mol. The van der Waals surface area contributed by atoms with Crippen LogP contribution in [0.1, 0.15) is 12.8 Å². The number of ether oxygens (including phenoxy) is 1. The van der Waals surface area contributed by atoms with Gasteiger partial charge in [-0.3, -0.25) is 0 Å². The Balaban J connectivity index is 1.41. The van der Waals surface area contributed by atoms with Crippen molar-refractivity contribution in [2.75, 3.05) is 55.4 Å². The lowest BCUT2D eigenvalue weighted by Crippen LogP contribution is -2.41. The van der Waals surface area contributed by atoms with Crippen LogP contribution in [0.2, 0.25) is 0 Å². The molecule has 4 saturated heterocycles. The third-order valence-electron chi connectivity index (χ3n) is 6.71. The van der Waals surface area contributed by atoms with Crippen molar-refractivity contribution in [3.05, 3.63) is 18.5 Å². The minimum atomic E-state index is 0.272. The summed E-state index contributed by atoms with van der Waals surface area (Å²) in [6, 6.07) is 2.94. The number of hydrogen-bond acceptors (Lipinski definition) is 9. The number of fused-ring (bicyclic) bond motifs is 4. The van der Waals surface area contributed by atoms with Crippen LogP contribution in [0.25, 0.3) is 11.3 Å². The SMILES string of the molecule is CN1C[C@H]2C[C@@H](C1)N(c1nc(-c3cnc(N)nc3)cc(N3C[C@@H]4C[C@H]3CO4)n1)C2. The summed E-state index contributed by atoms with van der Waals surface area (Å²) in [5.74, 6) is 2.76. The van der Waals surface area contributed by atoms with E-state index in [1.165, 1.54) is 6.42 Å². The zero-order valence-corrected chi connectivity index (χ0v) is 16.6. The summed E-state index contributed by atoms with van der Waals surface area (Å²) < 4.78 is 5.80. The highest BCUT2D eigenvalue weighted by atomic mass is 16.5. The van der Waals surface area contributed by atoms with E-state index in [1.807, 2.05) is 0 Å². The average molecular weight is 394 g/mol. The third kappa shape index (κ3) is 3.00. The summed E-state index contributed by atoms with van der Waals surface area (Å²) in [4.78, 5) is 25.5. The van der Waals surface area contributed by atoms with Crippen molar-refractivity contribution >= 4 is 17.7 Å². The molecule has 6 heterocycles. The fourth-order valence-corrected chi connectivity index (χ4v) is 5.44. The van der Waals surface area contributed by atoms with Crippen molar-refractivity contribution in [1.82, 2.24) is 24.8 Å². The molecule has 0 amide bonds. The molecule has 4 atom stereocenters. The van der Waals surface area contributed by atoms with Crippen LogP contribution in [0.15, 0.2) is 18.5 Å². The normalized spacial score (nSPS) is 31.1. The lowest BCUT2D eigenvalue weighted by atomic mass is 10.0. The highest BCUT2D eigenvalue weighted by molar-refractivity contribution is 5.65. The van der Waals surface area contributed by atoms with Crippen LogP contribution in [0.3, 0.4) is 0 Å². The van der Waals surface area contributed by atoms with E-state index in [9.17, 15) is 0 Å². The van der Waals surface area contributed by atoms with E-state index in [0.29, 0.717) is 24.1 Å². The van der Waals surface area contributed by atoms with Crippen LogP contribution in [-0.2, 0) is 4.74 Å². The van der Waals surface area contributed by atoms with Gasteiger partial charge in [-0.05, 0) is 25.8 Å². The molecule has 9 nitrogen and oxygen atoms in total. The predicted octanol–water partition coefficient (Wildman–Crippen LogP) is 0.634. The number of anilines is 3. The number of piperidine rings is 1. The summed E-state index contributed by atoms with van der Waals surface area (Å²) >= 11 is 0. The first-order chi connectivity index (χ1) is 14.1. The Morgan fingerprint density at radius 1 is 1.00 bits per heavy atom. The maximum Gasteiger partial charge on any atom is 0.228 e. The third-order valence-corrected chi connectivity index (χ3v) is 6.71. The Labute approximate surface area is 169 Å². The number of nitrogen functional groups attached to an aromatic ring is 1. The molecular formula is C20H26N8O. The summed E-state index contributed by atoms with van der Waals surface area (Å²) in [6.45, 7) is 4.91. The average Bonchev–Trinajstić information content (AvgIpc) is 3.42. The number of aromatic nitrogens is 4. The van der Waals surface area contributed by atoms with Crippen LogP contribution >= 0.6 is 0 Å². The molecule has 0 spiro atoms. The molecule has 0 aromatic carbocycles. The smallest absolute Gasteiger partial charge is 0.228 e. The van der Waals surface area contributed by atoms with Crippen LogP contribution in [0.5, 0.6) is 0 Å². The van der Waals surface area contributed by atoms with E-state index in [-0.39, 0.29) is 5.95 Å². The summed E-state index contributed by atoms with van der Waals surface area (Å²) in [7, 11) is 2.21. The molecule has 2 aromatic rings. The molecule has 2 N–H and O–H groups in total. The summed E-state index contributed by atoms with van der Waals surface area (Å²) in [5.41, 5.74) is 7.40. The van der Waals surface area contributed by atoms with Crippen LogP contribution in [0, 0.1) is 5.92 Å². The second-order valence-corrected chi connectivity index (χ2v) is 8.87. The second-order valence-electron chi connectivity index (χ2n) is 8.87. The van der Waals surface area contributed by atoms with E-state index in [0.717, 1.165) is 62.2 Å². The quantitative estimate of drug-likeness (QED) is 0.804. The van der Waals surface area contributed by atoms with Gasteiger partial charge in [-0.25, -0.2) is 15.0 Å². The molecule has 4 fully saturated rings. The van der Waals surface area contributed by atoms with Crippen molar-refractivity contribution < 1.29 is 4.74 Å². The van der Waals surface area contributed by atoms with Gasteiger partial charge in [0.1, 0.15) is 5.82 Å². The molecule has 4 bridgehead atoms. The van der Waals surface area contributed by atoms with Gasteiger partial charge in [-0.15, -0.1) is 0 Å². The van der Waals surface area contributed by atoms with Crippen molar-refractivity contribution in [3.63, 3.8) is 0 Å². The van der Waals surface area contributed by atoms with E-state index >= 15 is 0 Å². The highest BCUT2D eigenvalue weighted by Gasteiger charge is 2.41. The number of nitrogens with two attached hydrogens (primary N) is 1. The number of morpholine rings is 1. The zero-order valence-electron chi connectivity index (χ0n) is 16.6. The molecule has 2 aromatic heterocycles. The second kappa shape index (κ2) is 6.50. The number of nitrogens with zero attached hydrogens (tertiary/aromatic N) is 7. The molecule has 0 radical (unpaired) electrons. The topological polar surface area (TPSA) is 96.5 Å². The highest BCUT2D eigenvalue weighted by Crippen LogP contribution is 2.36. The lowest BCUT2D eigenvalue weighted by molar-refractivity contribution is 0.0989. The first-order valence-corrected chi connectivity index (χ1v) is 10.4. The Hall–Kier alpha value is -2.52. The maximum absolute atomic E-state index is 5.80. The number of hydrogen-bond donors (Lipinski definition) is 1. The summed E-state index contributed by atoms with van der Waals surface area (Å²) in [6.07, 6.45) is 6.11. The molecule has 29 heavy (non-hydrogen) atoms. The molecule has 0 saturated carbocycles. The van der Waals surface area contributed by atoms with Crippen LogP contribution in [0.4, 0.5) is 17.7 Å². The van der Waals surface area contributed by atoms with Gasteiger partial charge in [0.15, 0.2) is 0 Å². The predicted molar refractivity (Wildman–Crippen MR) is 110 cm³/mol. The molecule has 0 unspecified atom stereocenters. The Morgan fingerprint density at radius 2 is 1.86 bits per heavy atom. The van der Waals surface area contributed by atoms with Crippen molar-refractivity contribution in [3.8, 4) is 11.3 Å². The Morgan fingerprint density at radius 3 is 2.62 bits per heavy atom.